The first kappa shape index (κ1) is 11.5. The van der Waals surface area contributed by atoms with Crippen LogP contribution >= 0.6 is 0 Å². The number of rotatable bonds is 1. The second kappa shape index (κ2) is 4.80. The van der Waals surface area contributed by atoms with E-state index in [0.29, 0.717) is 0 Å². The molecule has 0 aliphatic heterocycles. The second-order valence-corrected chi connectivity index (χ2v) is 3.32. The number of pyridine rings is 1. The summed E-state index contributed by atoms with van der Waals surface area (Å²) in [4.78, 5) is 0. The third-order valence-corrected chi connectivity index (χ3v) is 2.24. The van der Waals surface area contributed by atoms with Crippen LogP contribution in [0.25, 0.3) is 11.3 Å². The van der Waals surface area contributed by atoms with Gasteiger partial charge in [-0.1, -0.05) is 6.07 Å². The minimum absolute atomic E-state index is 0. The molecule has 0 aliphatic carbocycles. The number of halogens is 1. The van der Waals surface area contributed by atoms with Crippen molar-refractivity contribution in [2.75, 3.05) is 5.73 Å². The summed E-state index contributed by atoms with van der Waals surface area (Å²) in [7, 11) is 2.03. The maximum absolute atomic E-state index is 5.74. The molecule has 0 amide bonds. The normalized spacial score (nSPS) is 9.40. The molecule has 1 aromatic heterocycles. The van der Waals surface area contributed by atoms with Gasteiger partial charge < -0.3 is 18.1 Å². The van der Waals surface area contributed by atoms with Crippen molar-refractivity contribution in [2.45, 2.75) is 0 Å². The van der Waals surface area contributed by atoms with Gasteiger partial charge in [-0.05, 0) is 24.3 Å². The van der Waals surface area contributed by atoms with Crippen molar-refractivity contribution in [1.29, 1.82) is 0 Å². The van der Waals surface area contributed by atoms with E-state index in [2.05, 4.69) is 16.7 Å². The Bertz CT molecular complexity index is 455. The van der Waals surface area contributed by atoms with Gasteiger partial charge in [-0.15, -0.1) is 0 Å². The predicted octanol–water partition coefficient (Wildman–Crippen LogP) is -1.24. The Morgan fingerprint density at radius 1 is 1.07 bits per heavy atom. The highest BCUT2D eigenvalue weighted by atomic mass is 35.5. The Hall–Kier alpha value is -1.54. The smallest absolute Gasteiger partial charge is 0.212 e. The van der Waals surface area contributed by atoms with Gasteiger partial charge in [-0.25, -0.2) is 4.57 Å². The van der Waals surface area contributed by atoms with Crippen LogP contribution in [0.5, 0.6) is 0 Å². The van der Waals surface area contributed by atoms with Gasteiger partial charge in [0.15, 0.2) is 6.20 Å². The Morgan fingerprint density at radius 2 is 1.87 bits per heavy atom. The van der Waals surface area contributed by atoms with Crippen LogP contribution in [-0.4, -0.2) is 0 Å². The Kier molecular flexibility index (Phi) is 3.69. The average molecular weight is 221 g/mol. The minimum Gasteiger partial charge on any atom is -1.00 e. The van der Waals surface area contributed by atoms with E-state index in [4.69, 9.17) is 5.73 Å². The maximum atomic E-state index is 5.74. The molecule has 2 rings (SSSR count). The fourth-order valence-corrected chi connectivity index (χ4v) is 1.52. The first-order chi connectivity index (χ1) is 6.77. The zero-order valence-corrected chi connectivity index (χ0v) is 9.28. The standard InChI is InChI=1S/C12H13N2.ClH/c1-14-8-3-2-7-12(14)10-5-4-6-11(13)9-10;/h2-9H,13H2,1H3;1H/q+1;/p-1. The topological polar surface area (TPSA) is 29.9 Å². The van der Waals surface area contributed by atoms with Gasteiger partial charge in [-0.3, -0.25) is 0 Å². The highest BCUT2D eigenvalue weighted by Gasteiger charge is 2.07. The first-order valence-corrected chi connectivity index (χ1v) is 4.58. The number of nitrogen functional groups attached to an aromatic ring is 1. The number of aromatic nitrogens is 1. The number of hydrogen-bond donors (Lipinski definition) is 1. The largest absolute Gasteiger partial charge is 1.00 e. The molecule has 15 heavy (non-hydrogen) atoms. The van der Waals surface area contributed by atoms with Crippen LogP contribution < -0.4 is 22.7 Å². The fourth-order valence-electron chi connectivity index (χ4n) is 1.52. The van der Waals surface area contributed by atoms with Crippen LogP contribution in [0.15, 0.2) is 48.7 Å². The zero-order valence-electron chi connectivity index (χ0n) is 8.52. The molecule has 0 atom stereocenters. The van der Waals surface area contributed by atoms with Crippen molar-refractivity contribution in [3.63, 3.8) is 0 Å². The molecule has 0 unspecified atom stereocenters. The van der Waals surface area contributed by atoms with Crippen LogP contribution in [-0.2, 0) is 7.05 Å². The lowest BCUT2D eigenvalue weighted by Crippen LogP contribution is -3.00. The molecule has 0 aliphatic rings. The highest BCUT2D eigenvalue weighted by molar-refractivity contribution is 5.61. The van der Waals surface area contributed by atoms with Crippen LogP contribution in [0.1, 0.15) is 0 Å². The predicted molar refractivity (Wildman–Crippen MR) is 57.5 cm³/mol. The Morgan fingerprint density at radius 3 is 2.53 bits per heavy atom. The summed E-state index contributed by atoms with van der Waals surface area (Å²) in [6.45, 7) is 0. The van der Waals surface area contributed by atoms with Crippen LogP contribution in [0, 0.1) is 0 Å². The van der Waals surface area contributed by atoms with Gasteiger partial charge in [0.2, 0.25) is 5.69 Å². The number of nitrogens with zero attached hydrogens (tertiary/aromatic N) is 1. The molecule has 78 valence electrons. The molecule has 1 heterocycles. The molecule has 1 aromatic carbocycles. The Labute approximate surface area is 95.8 Å². The van der Waals surface area contributed by atoms with Crippen LogP contribution in [0.4, 0.5) is 5.69 Å². The van der Waals surface area contributed by atoms with Gasteiger partial charge in [0.1, 0.15) is 7.05 Å². The molecule has 3 heteroatoms. The number of aryl methyl sites for hydroxylation is 1. The summed E-state index contributed by atoms with van der Waals surface area (Å²) in [5.41, 5.74) is 8.85. The minimum atomic E-state index is 0. The lowest BCUT2D eigenvalue weighted by atomic mass is 10.1. The van der Waals surface area contributed by atoms with E-state index in [1.165, 1.54) is 5.69 Å². The average Bonchev–Trinajstić information content (AvgIpc) is 2.18. The molecular formula is C12H13ClN2. The Balaban J connectivity index is 0.00000112. The molecule has 0 bridgehead atoms. The fraction of sp³-hybridized carbons (Fsp3) is 0.0833. The zero-order chi connectivity index (χ0) is 9.97. The van der Waals surface area contributed by atoms with E-state index >= 15 is 0 Å². The molecule has 0 saturated carbocycles. The lowest BCUT2D eigenvalue weighted by molar-refractivity contribution is -0.660. The summed E-state index contributed by atoms with van der Waals surface area (Å²) in [6.07, 6.45) is 2.03. The van der Waals surface area contributed by atoms with Crippen LogP contribution in [0.2, 0.25) is 0 Å². The number of hydrogen-bond acceptors (Lipinski definition) is 1. The summed E-state index contributed by atoms with van der Waals surface area (Å²) in [5.74, 6) is 0. The van der Waals surface area contributed by atoms with Gasteiger partial charge in [0.05, 0.1) is 0 Å². The highest BCUT2D eigenvalue weighted by Crippen LogP contribution is 2.17. The van der Waals surface area contributed by atoms with Gasteiger partial charge >= 0.3 is 0 Å². The summed E-state index contributed by atoms with van der Waals surface area (Å²) in [6, 6.07) is 14.0. The number of benzene rings is 1. The van der Waals surface area contributed by atoms with E-state index in [1.54, 1.807) is 0 Å². The number of anilines is 1. The van der Waals surface area contributed by atoms with Crippen molar-refractivity contribution in [2.24, 2.45) is 7.05 Å². The lowest BCUT2D eigenvalue weighted by Gasteiger charge is -2.00. The third kappa shape index (κ3) is 2.48. The quantitative estimate of drug-likeness (QED) is 0.473. The van der Waals surface area contributed by atoms with Gasteiger partial charge in [0.25, 0.3) is 0 Å². The van der Waals surface area contributed by atoms with Crippen molar-refractivity contribution < 1.29 is 17.0 Å². The van der Waals surface area contributed by atoms with Crippen molar-refractivity contribution >= 4 is 5.69 Å². The van der Waals surface area contributed by atoms with Gasteiger partial charge in [0, 0.05) is 23.4 Å². The molecule has 2 N–H and O–H groups in total. The molecule has 0 radical (unpaired) electrons. The molecule has 2 nitrogen and oxygen atoms in total. The summed E-state index contributed by atoms with van der Waals surface area (Å²) in [5, 5.41) is 0. The second-order valence-electron chi connectivity index (χ2n) is 3.32. The molecule has 0 fully saturated rings. The van der Waals surface area contributed by atoms with Crippen LogP contribution in [0.3, 0.4) is 0 Å². The van der Waals surface area contributed by atoms with Crippen molar-refractivity contribution in [1.82, 2.24) is 0 Å². The van der Waals surface area contributed by atoms with E-state index in [-0.39, 0.29) is 12.4 Å². The summed E-state index contributed by atoms with van der Waals surface area (Å²) < 4.78 is 2.08. The van der Waals surface area contributed by atoms with Gasteiger partial charge in [-0.2, -0.15) is 0 Å². The van der Waals surface area contributed by atoms with Crippen molar-refractivity contribution in [3.05, 3.63) is 48.7 Å². The SMILES string of the molecule is C[n+]1ccccc1-c1cccc(N)c1.[Cl-]. The maximum Gasteiger partial charge on any atom is 0.212 e. The van der Waals surface area contributed by atoms with E-state index in [0.717, 1.165) is 11.3 Å². The van der Waals surface area contributed by atoms with E-state index < -0.39 is 0 Å². The summed E-state index contributed by atoms with van der Waals surface area (Å²) >= 11 is 0. The number of nitrogens with two attached hydrogens (primary N) is 1. The van der Waals surface area contributed by atoms with E-state index in [1.807, 2.05) is 43.6 Å². The monoisotopic (exact) mass is 220 g/mol. The third-order valence-electron chi connectivity index (χ3n) is 2.24. The molecular weight excluding hydrogens is 208 g/mol. The molecule has 0 spiro atoms. The molecule has 2 aromatic rings. The van der Waals surface area contributed by atoms with Crippen molar-refractivity contribution in [3.8, 4) is 11.3 Å². The molecule has 0 saturated heterocycles. The first-order valence-electron chi connectivity index (χ1n) is 4.58. The van der Waals surface area contributed by atoms with E-state index in [9.17, 15) is 0 Å².